The van der Waals surface area contributed by atoms with E-state index in [0.717, 1.165) is 4.90 Å². The molecule has 1 saturated heterocycles. The fourth-order valence-electron chi connectivity index (χ4n) is 1.06. The number of halogens is 1. The second-order valence-electron chi connectivity index (χ2n) is 2.29. The normalized spacial score (nSPS) is 31.8. The van der Waals surface area contributed by atoms with Crippen LogP contribution in [-0.4, -0.2) is 29.9 Å². The topological polar surface area (TPSA) is 44.1 Å². The van der Waals surface area contributed by atoms with Crippen molar-refractivity contribution in [1.29, 1.82) is 5.26 Å². The molecule has 0 saturated carbocycles. The van der Waals surface area contributed by atoms with Crippen LogP contribution in [0.5, 0.6) is 0 Å². The van der Waals surface area contributed by atoms with Crippen LogP contribution in [0.4, 0.5) is 4.39 Å². The van der Waals surface area contributed by atoms with Crippen molar-refractivity contribution in [3.63, 3.8) is 0 Å². The van der Waals surface area contributed by atoms with Crippen LogP contribution in [0, 0.1) is 11.5 Å². The van der Waals surface area contributed by atoms with Crippen molar-refractivity contribution in [3.8, 4) is 6.19 Å². The average molecular weight is 142 g/mol. The number of carbonyl (C=O) groups excluding carboxylic acids is 1. The molecule has 0 radical (unpaired) electrons. The molecule has 1 aliphatic heterocycles. The number of alkyl halides is 1. The van der Waals surface area contributed by atoms with E-state index in [9.17, 15) is 9.18 Å². The van der Waals surface area contributed by atoms with E-state index in [1.807, 2.05) is 0 Å². The lowest BCUT2D eigenvalue weighted by molar-refractivity contribution is -0.110. The summed E-state index contributed by atoms with van der Waals surface area (Å²) in [5, 5.41) is 8.34. The minimum Gasteiger partial charge on any atom is -0.301 e. The van der Waals surface area contributed by atoms with Crippen molar-refractivity contribution in [2.75, 3.05) is 6.54 Å². The summed E-state index contributed by atoms with van der Waals surface area (Å²) >= 11 is 0. The van der Waals surface area contributed by atoms with Crippen molar-refractivity contribution < 1.29 is 9.18 Å². The third-order valence-electron chi connectivity index (χ3n) is 1.58. The number of aldehydes is 1. The van der Waals surface area contributed by atoms with Gasteiger partial charge in [-0.3, -0.25) is 4.90 Å². The summed E-state index contributed by atoms with van der Waals surface area (Å²) in [6.45, 7) is 0.0694. The number of hydrogen-bond acceptors (Lipinski definition) is 3. The third kappa shape index (κ3) is 1.08. The summed E-state index contributed by atoms with van der Waals surface area (Å²) in [6.07, 6.45) is 1.52. The second kappa shape index (κ2) is 2.65. The zero-order chi connectivity index (χ0) is 7.56. The fraction of sp³-hybridized carbons (Fsp3) is 0.667. The first-order valence-corrected chi connectivity index (χ1v) is 3.03. The number of hydrogen-bond donors (Lipinski definition) is 0. The minimum absolute atomic E-state index is 0.0694. The summed E-state index contributed by atoms with van der Waals surface area (Å²) in [5.41, 5.74) is 0. The van der Waals surface area contributed by atoms with Crippen LogP contribution in [0.1, 0.15) is 6.42 Å². The van der Waals surface area contributed by atoms with Crippen LogP contribution < -0.4 is 0 Å². The molecule has 2 atom stereocenters. The van der Waals surface area contributed by atoms with Gasteiger partial charge in [0.25, 0.3) is 0 Å². The predicted octanol–water partition coefficient (Wildman–Crippen LogP) is 0.0788. The Balaban J connectivity index is 2.59. The number of rotatable bonds is 1. The van der Waals surface area contributed by atoms with Crippen LogP contribution >= 0.6 is 0 Å². The van der Waals surface area contributed by atoms with Crippen LogP contribution in [0.2, 0.25) is 0 Å². The molecule has 3 nitrogen and oxygen atoms in total. The molecule has 10 heavy (non-hydrogen) atoms. The van der Waals surface area contributed by atoms with E-state index in [-0.39, 0.29) is 13.0 Å². The van der Waals surface area contributed by atoms with E-state index in [0.29, 0.717) is 6.29 Å². The molecule has 0 amide bonds. The van der Waals surface area contributed by atoms with Gasteiger partial charge in [0.2, 0.25) is 0 Å². The predicted molar refractivity (Wildman–Crippen MR) is 31.7 cm³/mol. The van der Waals surface area contributed by atoms with E-state index in [1.165, 1.54) is 0 Å². The Morgan fingerprint density at radius 2 is 2.50 bits per heavy atom. The van der Waals surface area contributed by atoms with E-state index in [2.05, 4.69) is 0 Å². The highest BCUT2D eigenvalue weighted by molar-refractivity contribution is 5.58. The highest BCUT2D eigenvalue weighted by atomic mass is 19.1. The highest BCUT2D eigenvalue weighted by Crippen LogP contribution is 2.17. The molecule has 0 spiro atoms. The van der Waals surface area contributed by atoms with Crippen molar-refractivity contribution >= 4 is 6.29 Å². The summed E-state index contributed by atoms with van der Waals surface area (Å²) in [4.78, 5) is 11.3. The lowest BCUT2D eigenvalue weighted by Crippen LogP contribution is -2.25. The lowest BCUT2D eigenvalue weighted by Gasteiger charge is -2.09. The Bertz CT molecular complexity index is 177. The molecule has 1 rings (SSSR count). The van der Waals surface area contributed by atoms with Crippen LogP contribution in [0.15, 0.2) is 0 Å². The number of nitrogens with zero attached hydrogens (tertiary/aromatic N) is 2. The van der Waals surface area contributed by atoms with Gasteiger partial charge in [-0.1, -0.05) is 0 Å². The van der Waals surface area contributed by atoms with Gasteiger partial charge in [0.1, 0.15) is 12.5 Å². The monoisotopic (exact) mass is 142 g/mol. The van der Waals surface area contributed by atoms with E-state index in [1.54, 1.807) is 6.19 Å². The summed E-state index contributed by atoms with van der Waals surface area (Å²) in [5.74, 6) is 0. The summed E-state index contributed by atoms with van der Waals surface area (Å²) < 4.78 is 12.4. The second-order valence-corrected chi connectivity index (χ2v) is 2.29. The van der Waals surface area contributed by atoms with Gasteiger partial charge < -0.3 is 4.79 Å². The van der Waals surface area contributed by atoms with Gasteiger partial charge in [0.15, 0.2) is 6.19 Å². The Morgan fingerprint density at radius 3 is 2.90 bits per heavy atom. The Hall–Kier alpha value is -1.11. The fourth-order valence-corrected chi connectivity index (χ4v) is 1.06. The highest BCUT2D eigenvalue weighted by Gasteiger charge is 2.30. The summed E-state index contributed by atoms with van der Waals surface area (Å²) in [7, 11) is 0. The van der Waals surface area contributed by atoms with Crippen LogP contribution in [0.3, 0.4) is 0 Å². The van der Waals surface area contributed by atoms with Gasteiger partial charge in [-0.2, -0.15) is 5.26 Å². The average Bonchev–Trinajstić information content (AvgIpc) is 2.30. The first kappa shape index (κ1) is 7.00. The molecule has 1 aliphatic rings. The van der Waals surface area contributed by atoms with Crippen molar-refractivity contribution in [2.24, 2.45) is 0 Å². The Labute approximate surface area is 58.0 Å². The maximum absolute atomic E-state index is 12.4. The molecule has 1 fully saturated rings. The van der Waals surface area contributed by atoms with E-state index in [4.69, 9.17) is 5.26 Å². The largest absolute Gasteiger partial charge is 0.301 e. The zero-order valence-corrected chi connectivity index (χ0v) is 5.33. The van der Waals surface area contributed by atoms with Crippen molar-refractivity contribution in [3.05, 3.63) is 0 Å². The van der Waals surface area contributed by atoms with Crippen molar-refractivity contribution in [2.45, 2.75) is 18.6 Å². The molecule has 0 aromatic carbocycles. The smallest absolute Gasteiger partial charge is 0.180 e. The zero-order valence-electron chi connectivity index (χ0n) is 5.33. The molecule has 1 heterocycles. The van der Waals surface area contributed by atoms with Gasteiger partial charge in [-0.05, 0) is 0 Å². The van der Waals surface area contributed by atoms with Gasteiger partial charge >= 0.3 is 0 Å². The molecule has 0 N–H and O–H groups in total. The van der Waals surface area contributed by atoms with Crippen molar-refractivity contribution in [1.82, 2.24) is 4.90 Å². The molecule has 4 heteroatoms. The quantitative estimate of drug-likeness (QED) is 0.384. The molecule has 2 unspecified atom stereocenters. The van der Waals surface area contributed by atoms with Gasteiger partial charge in [-0.25, -0.2) is 4.39 Å². The number of nitriles is 1. The molecule has 0 aliphatic carbocycles. The number of carbonyl (C=O) groups is 1. The Kier molecular flexibility index (Phi) is 1.86. The lowest BCUT2D eigenvalue weighted by atomic mass is 10.2. The van der Waals surface area contributed by atoms with Crippen LogP contribution in [0.25, 0.3) is 0 Å². The Morgan fingerprint density at radius 1 is 1.80 bits per heavy atom. The maximum atomic E-state index is 12.4. The molecular weight excluding hydrogens is 135 g/mol. The molecule has 54 valence electrons. The minimum atomic E-state index is -1.02. The van der Waals surface area contributed by atoms with Gasteiger partial charge in [0.05, 0.1) is 12.6 Å². The van der Waals surface area contributed by atoms with Gasteiger partial charge in [-0.15, -0.1) is 0 Å². The molecule has 0 aromatic heterocycles. The first-order valence-electron chi connectivity index (χ1n) is 3.03. The standard InChI is InChI=1S/C6H7FN2O/c7-5-1-6(3-10)9(2-5)4-8/h3,5-6H,1-2H2. The van der Waals surface area contributed by atoms with Crippen LogP contribution in [-0.2, 0) is 4.79 Å². The first-order chi connectivity index (χ1) is 4.77. The molecular formula is C6H7FN2O. The molecule has 0 aromatic rings. The number of likely N-dealkylation sites (tertiary alicyclic amines) is 1. The molecule has 0 bridgehead atoms. The van der Waals surface area contributed by atoms with E-state index >= 15 is 0 Å². The third-order valence-corrected chi connectivity index (χ3v) is 1.58. The van der Waals surface area contributed by atoms with Gasteiger partial charge in [0, 0.05) is 6.42 Å². The van der Waals surface area contributed by atoms with E-state index < -0.39 is 12.2 Å². The maximum Gasteiger partial charge on any atom is 0.180 e. The summed E-state index contributed by atoms with van der Waals surface area (Å²) in [6, 6.07) is -0.528. The SMILES string of the molecule is N#CN1CC(F)CC1C=O.